The molecule has 0 aliphatic carbocycles. The van der Waals surface area contributed by atoms with Crippen LogP contribution in [-0.2, 0) is 19.1 Å². The van der Waals surface area contributed by atoms with Gasteiger partial charge in [-0.1, -0.05) is 86.3 Å². The van der Waals surface area contributed by atoms with Crippen molar-refractivity contribution in [3.8, 4) is 22.6 Å². The molecule has 0 atom stereocenters. The number of methoxy groups -OCH3 is 1. The van der Waals surface area contributed by atoms with Crippen LogP contribution in [-0.4, -0.2) is 62.9 Å². The minimum Gasteiger partial charge on any atom is -0.489 e. The average Bonchev–Trinajstić information content (AvgIpc) is 3.16. The molecule has 0 aliphatic rings. The molecule has 282 valence electrons. The van der Waals surface area contributed by atoms with Crippen LogP contribution in [0, 0.1) is 0 Å². The predicted molar refractivity (Wildman–Crippen MR) is 212 cm³/mol. The third-order valence-electron chi connectivity index (χ3n) is 7.68. The number of benzene rings is 5. The summed E-state index contributed by atoms with van der Waals surface area (Å²) in [6, 6.07) is 30.0. The zero-order chi connectivity index (χ0) is 39.1. The standard InChI is InChI=1S/C35H30N2O6.C8H17NO2/c1-3-19-42-29-17-15-23-9-4-6-13-27(23)33(29)34-28-14-7-5-10-24(28)16-18-30(34)43-22-32(39)36-21-31(38)37-26-12-8-11-25(20-26)35(40)41-2;1-5-6-9-7(10)11-8(2,3)4/h3-18,20H,1,19,21-22H2,2H3,(H,36,39)(H,37,38);5-6H2,1-4H3,(H,9,10). The Morgan fingerprint density at radius 2 is 1.35 bits per heavy atom. The van der Waals surface area contributed by atoms with Crippen molar-refractivity contribution in [2.75, 3.05) is 38.7 Å². The lowest BCUT2D eigenvalue weighted by molar-refractivity contribution is -0.125. The highest BCUT2D eigenvalue weighted by Crippen LogP contribution is 2.45. The quantitative estimate of drug-likeness (QED) is 0.0815. The molecule has 0 fully saturated rings. The number of alkyl carbamates (subject to hydrolysis) is 1. The van der Waals surface area contributed by atoms with Crippen molar-refractivity contribution in [3.63, 3.8) is 0 Å². The first-order valence-electron chi connectivity index (χ1n) is 17.6. The fourth-order valence-corrected chi connectivity index (χ4v) is 5.37. The Balaban J connectivity index is 0.000000514. The average molecular weight is 734 g/mol. The summed E-state index contributed by atoms with van der Waals surface area (Å²) in [6.45, 7) is 11.7. The van der Waals surface area contributed by atoms with Crippen LogP contribution in [0.1, 0.15) is 44.5 Å². The molecule has 3 N–H and O–H groups in total. The summed E-state index contributed by atoms with van der Waals surface area (Å²) < 4.78 is 21.9. The molecule has 11 nitrogen and oxygen atoms in total. The molecule has 0 saturated heterocycles. The monoisotopic (exact) mass is 733 g/mol. The van der Waals surface area contributed by atoms with Gasteiger partial charge in [0.15, 0.2) is 6.61 Å². The number of carbonyl (C=O) groups excluding carboxylic acids is 4. The molecule has 0 saturated carbocycles. The number of nitrogens with one attached hydrogen (secondary N) is 3. The molecule has 11 heteroatoms. The highest BCUT2D eigenvalue weighted by Gasteiger charge is 2.20. The molecule has 0 heterocycles. The van der Waals surface area contributed by atoms with E-state index in [4.69, 9.17) is 18.9 Å². The Hall–Kier alpha value is -6.36. The van der Waals surface area contributed by atoms with Crippen LogP contribution in [0.2, 0.25) is 0 Å². The summed E-state index contributed by atoms with van der Waals surface area (Å²) in [7, 11) is 1.28. The van der Waals surface area contributed by atoms with Crippen LogP contribution in [0.5, 0.6) is 11.5 Å². The van der Waals surface area contributed by atoms with Gasteiger partial charge in [-0.2, -0.15) is 0 Å². The van der Waals surface area contributed by atoms with Gasteiger partial charge in [-0.15, -0.1) is 0 Å². The third kappa shape index (κ3) is 11.6. The van der Waals surface area contributed by atoms with Crippen molar-refractivity contribution >= 4 is 51.1 Å². The van der Waals surface area contributed by atoms with E-state index in [9.17, 15) is 19.2 Å². The summed E-state index contributed by atoms with van der Waals surface area (Å²) in [6.07, 6.45) is 2.29. The van der Waals surface area contributed by atoms with E-state index in [0.717, 1.165) is 39.1 Å². The topological polar surface area (TPSA) is 141 Å². The van der Waals surface area contributed by atoms with E-state index >= 15 is 0 Å². The zero-order valence-corrected chi connectivity index (χ0v) is 31.3. The lowest BCUT2D eigenvalue weighted by Crippen LogP contribution is -2.35. The number of anilines is 1. The van der Waals surface area contributed by atoms with E-state index in [1.807, 2.05) is 100 Å². The number of ether oxygens (including phenoxy) is 4. The van der Waals surface area contributed by atoms with E-state index in [0.29, 0.717) is 35.9 Å². The molecular formula is C43H47N3O8. The normalized spacial score (nSPS) is 10.7. The van der Waals surface area contributed by atoms with E-state index in [-0.39, 0.29) is 19.2 Å². The Morgan fingerprint density at radius 1 is 0.741 bits per heavy atom. The number of carbonyl (C=O) groups is 4. The van der Waals surface area contributed by atoms with Gasteiger partial charge in [-0.25, -0.2) is 9.59 Å². The molecule has 0 radical (unpaired) electrons. The van der Waals surface area contributed by atoms with Gasteiger partial charge in [-0.05, 0) is 79.1 Å². The highest BCUT2D eigenvalue weighted by molar-refractivity contribution is 6.10. The van der Waals surface area contributed by atoms with Gasteiger partial charge in [0.1, 0.15) is 23.7 Å². The Morgan fingerprint density at radius 3 is 1.93 bits per heavy atom. The zero-order valence-electron chi connectivity index (χ0n) is 31.3. The van der Waals surface area contributed by atoms with Crippen molar-refractivity contribution in [1.29, 1.82) is 0 Å². The Labute approximate surface area is 315 Å². The highest BCUT2D eigenvalue weighted by atomic mass is 16.6. The Bertz CT molecular complexity index is 2100. The van der Waals surface area contributed by atoms with Crippen LogP contribution in [0.4, 0.5) is 10.5 Å². The minimum absolute atomic E-state index is 0.280. The molecule has 5 aromatic rings. The molecule has 0 spiro atoms. The van der Waals surface area contributed by atoms with Gasteiger partial charge in [0.2, 0.25) is 5.91 Å². The fourth-order valence-electron chi connectivity index (χ4n) is 5.37. The molecule has 0 bridgehead atoms. The summed E-state index contributed by atoms with van der Waals surface area (Å²) in [5.41, 5.74) is 1.96. The lowest BCUT2D eigenvalue weighted by Gasteiger charge is -2.19. The van der Waals surface area contributed by atoms with Gasteiger partial charge >= 0.3 is 12.1 Å². The first kappa shape index (κ1) is 40.4. The predicted octanol–water partition coefficient (Wildman–Crippen LogP) is 8.07. The lowest BCUT2D eigenvalue weighted by atomic mass is 9.92. The van der Waals surface area contributed by atoms with Gasteiger partial charge in [0, 0.05) is 23.4 Å². The van der Waals surface area contributed by atoms with Gasteiger partial charge in [-0.3, -0.25) is 9.59 Å². The summed E-state index contributed by atoms with van der Waals surface area (Å²) >= 11 is 0. The molecule has 5 aromatic carbocycles. The van der Waals surface area contributed by atoms with Crippen molar-refractivity contribution in [1.82, 2.24) is 10.6 Å². The third-order valence-corrected chi connectivity index (χ3v) is 7.68. The summed E-state index contributed by atoms with van der Waals surface area (Å²) in [5, 5.41) is 11.8. The molecule has 0 aliphatic heterocycles. The number of esters is 1. The van der Waals surface area contributed by atoms with Crippen LogP contribution >= 0.6 is 0 Å². The van der Waals surface area contributed by atoms with Gasteiger partial charge < -0.3 is 34.9 Å². The van der Waals surface area contributed by atoms with E-state index in [2.05, 4.69) is 22.5 Å². The molecular weight excluding hydrogens is 686 g/mol. The van der Waals surface area contributed by atoms with Gasteiger partial charge in [0.25, 0.3) is 5.91 Å². The van der Waals surface area contributed by atoms with Crippen molar-refractivity contribution in [2.24, 2.45) is 0 Å². The number of hydrogen-bond donors (Lipinski definition) is 3. The molecule has 54 heavy (non-hydrogen) atoms. The van der Waals surface area contributed by atoms with Crippen molar-refractivity contribution < 1.29 is 38.1 Å². The second-order valence-electron chi connectivity index (χ2n) is 13.0. The summed E-state index contributed by atoms with van der Waals surface area (Å²) in [4.78, 5) is 47.9. The largest absolute Gasteiger partial charge is 0.489 e. The molecule has 5 rings (SSSR count). The second kappa shape index (κ2) is 19.5. The maximum absolute atomic E-state index is 12.8. The Kier molecular flexibility index (Phi) is 14.6. The minimum atomic E-state index is -0.516. The SMILES string of the molecule is C=CCOc1ccc2ccccc2c1-c1c(OCC(=O)NCC(=O)Nc2cccc(C(=O)OC)c2)ccc2ccccc12.CCCNC(=O)OC(C)(C)C. The maximum atomic E-state index is 12.8. The van der Waals surface area contributed by atoms with Crippen LogP contribution in [0.25, 0.3) is 32.7 Å². The van der Waals surface area contributed by atoms with Crippen LogP contribution in [0.15, 0.2) is 110 Å². The summed E-state index contributed by atoms with van der Waals surface area (Å²) in [5.74, 6) is -0.285. The van der Waals surface area contributed by atoms with E-state index < -0.39 is 23.4 Å². The van der Waals surface area contributed by atoms with E-state index in [1.165, 1.54) is 13.2 Å². The van der Waals surface area contributed by atoms with Gasteiger partial charge in [0.05, 0.1) is 19.2 Å². The number of fused-ring (bicyclic) bond motifs is 2. The second-order valence-corrected chi connectivity index (χ2v) is 13.0. The van der Waals surface area contributed by atoms with Crippen molar-refractivity contribution in [3.05, 3.63) is 115 Å². The number of amides is 3. The molecule has 0 aromatic heterocycles. The van der Waals surface area contributed by atoms with Crippen LogP contribution in [0.3, 0.4) is 0 Å². The molecule has 3 amide bonds. The molecule has 0 unspecified atom stereocenters. The number of rotatable bonds is 13. The van der Waals surface area contributed by atoms with Crippen LogP contribution < -0.4 is 25.4 Å². The smallest absolute Gasteiger partial charge is 0.407 e. The number of hydrogen-bond acceptors (Lipinski definition) is 8. The fraction of sp³-hybridized carbons (Fsp3) is 0.256. The van der Waals surface area contributed by atoms with E-state index in [1.54, 1.807) is 24.3 Å². The van der Waals surface area contributed by atoms with Crippen molar-refractivity contribution in [2.45, 2.75) is 39.7 Å². The first-order chi connectivity index (χ1) is 25.9. The maximum Gasteiger partial charge on any atom is 0.407 e. The first-order valence-corrected chi connectivity index (χ1v) is 17.6.